The summed E-state index contributed by atoms with van der Waals surface area (Å²) in [5.41, 5.74) is 1.67. The number of halogens is 2. The Balaban J connectivity index is 1.79. The maximum atomic E-state index is 12.9. The first-order valence-corrected chi connectivity index (χ1v) is 10.0. The van der Waals surface area contributed by atoms with Gasteiger partial charge in [-0.15, -0.1) is 0 Å². The Kier molecular flexibility index (Phi) is 6.70. The van der Waals surface area contributed by atoms with Crippen LogP contribution in [0.1, 0.15) is 31.4 Å². The van der Waals surface area contributed by atoms with E-state index in [0.717, 1.165) is 36.4 Å². The Morgan fingerprint density at radius 3 is 2.64 bits per heavy atom. The number of rotatable bonds is 6. The lowest BCUT2D eigenvalue weighted by molar-refractivity contribution is -0.932. The van der Waals surface area contributed by atoms with Crippen molar-refractivity contribution in [2.45, 2.75) is 31.8 Å². The maximum absolute atomic E-state index is 12.9. The SMILES string of the molecule is COc1ccc([C@H]2CCC[NH+]2[C@H](C)C(=O)Nc2ccc(Cl)cc2Cl)c(OC)c1. The van der Waals surface area contributed by atoms with E-state index in [4.69, 9.17) is 32.7 Å². The minimum absolute atomic E-state index is 0.0707. The van der Waals surface area contributed by atoms with Crippen molar-refractivity contribution in [3.8, 4) is 11.5 Å². The van der Waals surface area contributed by atoms with Crippen molar-refractivity contribution in [2.75, 3.05) is 26.1 Å². The molecule has 150 valence electrons. The maximum Gasteiger partial charge on any atom is 0.282 e. The summed E-state index contributed by atoms with van der Waals surface area (Å²) < 4.78 is 10.9. The summed E-state index contributed by atoms with van der Waals surface area (Å²) in [5.74, 6) is 1.47. The molecule has 2 aromatic carbocycles. The molecular formula is C21H25Cl2N2O3+. The van der Waals surface area contributed by atoms with Crippen LogP contribution in [0, 0.1) is 0 Å². The highest BCUT2D eigenvalue weighted by Crippen LogP contribution is 2.32. The van der Waals surface area contributed by atoms with Crippen LogP contribution in [-0.4, -0.2) is 32.7 Å². The van der Waals surface area contributed by atoms with Crippen LogP contribution in [0.4, 0.5) is 5.69 Å². The van der Waals surface area contributed by atoms with Crippen molar-refractivity contribution in [1.82, 2.24) is 0 Å². The van der Waals surface area contributed by atoms with Crippen LogP contribution >= 0.6 is 23.2 Å². The number of benzene rings is 2. The molecule has 7 heteroatoms. The topological polar surface area (TPSA) is 52.0 Å². The fourth-order valence-electron chi connectivity index (χ4n) is 3.85. The first-order valence-electron chi connectivity index (χ1n) is 9.28. The van der Waals surface area contributed by atoms with Crippen molar-refractivity contribution >= 4 is 34.8 Å². The van der Waals surface area contributed by atoms with Crippen molar-refractivity contribution < 1.29 is 19.2 Å². The van der Waals surface area contributed by atoms with Crippen molar-refractivity contribution in [1.29, 1.82) is 0 Å². The Morgan fingerprint density at radius 1 is 1.18 bits per heavy atom. The van der Waals surface area contributed by atoms with Crippen LogP contribution in [0.5, 0.6) is 11.5 Å². The standard InChI is InChI=1S/C21H24Cl2N2O3/c1-13(21(26)24-18-9-6-14(22)11-17(18)23)25-10-4-5-19(25)16-8-7-15(27-2)12-20(16)28-3/h6-9,11-13,19H,4-5,10H2,1-3H3,(H,24,26)/p+1/t13-,19-/m1/s1. The van der Waals surface area contributed by atoms with Gasteiger partial charge in [0.25, 0.3) is 5.91 Å². The second-order valence-corrected chi connectivity index (χ2v) is 7.81. The van der Waals surface area contributed by atoms with Crippen LogP contribution in [0.2, 0.25) is 10.0 Å². The summed E-state index contributed by atoms with van der Waals surface area (Å²) in [7, 11) is 3.29. The van der Waals surface area contributed by atoms with E-state index in [-0.39, 0.29) is 18.0 Å². The molecule has 0 aliphatic carbocycles. The zero-order valence-corrected chi connectivity index (χ0v) is 17.7. The number of likely N-dealkylation sites (tertiary alicyclic amines) is 1. The molecule has 1 aliphatic heterocycles. The number of carbonyl (C=O) groups is 1. The number of quaternary nitrogens is 1. The molecule has 0 aromatic heterocycles. The largest absolute Gasteiger partial charge is 0.497 e. The highest BCUT2D eigenvalue weighted by molar-refractivity contribution is 6.36. The molecule has 3 rings (SSSR count). The zero-order chi connectivity index (χ0) is 20.3. The molecule has 2 aromatic rings. The lowest BCUT2D eigenvalue weighted by Crippen LogP contribution is -3.15. The Morgan fingerprint density at radius 2 is 1.96 bits per heavy atom. The minimum atomic E-state index is -0.244. The third-order valence-corrected chi connectivity index (χ3v) is 5.91. The van der Waals surface area contributed by atoms with Gasteiger partial charge in [-0.1, -0.05) is 23.2 Å². The van der Waals surface area contributed by atoms with Crippen LogP contribution in [0.25, 0.3) is 0 Å². The Labute approximate surface area is 175 Å². The molecule has 2 N–H and O–H groups in total. The van der Waals surface area contributed by atoms with Crippen LogP contribution in [-0.2, 0) is 4.79 Å². The molecule has 5 nitrogen and oxygen atoms in total. The van der Waals surface area contributed by atoms with Gasteiger partial charge in [-0.05, 0) is 37.3 Å². The number of ether oxygens (including phenoxy) is 2. The molecule has 28 heavy (non-hydrogen) atoms. The number of hydrogen-bond acceptors (Lipinski definition) is 3. The number of nitrogens with one attached hydrogen (secondary N) is 2. The Bertz CT molecular complexity index is 860. The molecule has 1 saturated heterocycles. The van der Waals surface area contributed by atoms with Crippen molar-refractivity contribution in [2.24, 2.45) is 0 Å². The van der Waals surface area contributed by atoms with E-state index < -0.39 is 0 Å². The monoisotopic (exact) mass is 423 g/mol. The third kappa shape index (κ3) is 4.37. The number of anilines is 1. The molecule has 1 unspecified atom stereocenters. The van der Waals surface area contributed by atoms with E-state index in [1.54, 1.807) is 32.4 Å². The van der Waals surface area contributed by atoms with E-state index in [9.17, 15) is 4.79 Å². The molecule has 1 amide bonds. The quantitative estimate of drug-likeness (QED) is 0.743. The molecule has 0 bridgehead atoms. The van der Waals surface area contributed by atoms with Crippen LogP contribution in [0.3, 0.4) is 0 Å². The van der Waals surface area contributed by atoms with Crippen LogP contribution < -0.4 is 19.7 Å². The third-order valence-electron chi connectivity index (χ3n) is 5.36. The summed E-state index contributed by atoms with van der Waals surface area (Å²) in [5, 5.41) is 3.89. The normalized spacial score (nSPS) is 19.9. The molecular weight excluding hydrogens is 399 g/mol. The van der Waals surface area contributed by atoms with Crippen LogP contribution in [0.15, 0.2) is 36.4 Å². The average molecular weight is 424 g/mol. The second-order valence-electron chi connectivity index (χ2n) is 6.96. The van der Waals surface area contributed by atoms with Gasteiger partial charge in [0.2, 0.25) is 0 Å². The number of methoxy groups -OCH3 is 2. The van der Waals surface area contributed by atoms with E-state index in [1.165, 1.54) is 4.90 Å². The molecule has 1 heterocycles. The minimum Gasteiger partial charge on any atom is -0.497 e. The van der Waals surface area contributed by atoms with Gasteiger partial charge >= 0.3 is 0 Å². The van der Waals surface area contributed by atoms with Gasteiger partial charge < -0.3 is 19.7 Å². The van der Waals surface area contributed by atoms with Gasteiger partial charge in [-0.3, -0.25) is 4.79 Å². The van der Waals surface area contributed by atoms with Gasteiger partial charge in [0.05, 0.1) is 37.0 Å². The van der Waals surface area contributed by atoms with Crippen molar-refractivity contribution in [3.05, 3.63) is 52.0 Å². The highest BCUT2D eigenvalue weighted by Gasteiger charge is 2.38. The molecule has 1 aliphatic rings. The second kappa shape index (κ2) is 9.03. The summed E-state index contributed by atoms with van der Waals surface area (Å²) in [6.07, 6.45) is 2.05. The van der Waals surface area contributed by atoms with Gasteiger partial charge in [0, 0.05) is 23.9 Å². The summed E-state index contributed by atoms with van der Waals surface area (Å²) in [4.78, 5) is 14.1. The van der Waals surface area contributed by atoms with Crippen molar-refractivity contribution in [3.63, 3.8) is 0 Å². The highest BCUT2D eigenvalue weighted by atomic mass is 35.5. The lowest BCUT2D eigenvalue weighted by Gasteiger charge is -2.28. The predicted molar refractivity (Wildman–Crippen MR) is 112 cm³/mol. The molecule has 1 fully saturated rings. The number of hydrogen-bond donors (Lipinski definition) is 2. The fourth-order valence-corrected chi connectivity index (χ4v) is 4.31. The average Bonchev–Trinajstić information content (AvgIpc) is 3.18. The van der Waals surface area contributed by atoms with E-state index in [1.807, 2.05) is 25.1 Å². The summed E-state index contributed by atoms with van der Waals surface area (Å²) >= 11 is 12.1. The van der Waals surface area contributed by atoms with E-state index in [0.29, 0.717) is 15.7 Å². The summed E-state index contributed by atoms with van der Waals surface area (Å²) in [6, 6.07) is 10.9. The molecule has 0 spiro atoms. The first-order chi connectivity index (χ1) is 13.4. The van der Waals surface area contributed by atoms with Gasteiger partial charge in [0.1, 0.15) is 17.5 Å². The van der Waals surface area contributed by atoms with Gasteiger partial charge in [0.15, 0.2) is 6.04 Å². The van der Waals surface area contributed by atoms with E-state index >= 15 is 0 Å². The number of carbonyl (C=O) groups excluding carboxylic acids is 1. The van der Waals surface area contributed by atoms with Gasteiger partial charge in [-0.25, -0.2) is 0 Å². The smallest absolute Gasteiger partial charge is 0.282 e. The number of amides is 1. The first kappa shape index (κ1) is 20.8. The lowest BCUT2D eigenvalue weighted by atomic mass is 10.0. The molecule has 0 radical (unpaired) electrons. The molecule has 0 saturated carbocycles. The Hall–Kier alpha value is -1.95. The van der Waals surface area contributed by atoms with Gasteiger partial charge in [-0.2, -0.15) is 0 Å². The zero-order valence-electron chi connectivity index (χ0n) is 16.2. The van der Waals surface area contributed by atoms with E-state index in [2.05, 4.69) is 5.32 Å². The fraction of sp³-hybridized carbons (Fsp3) is 0.381. The molecule has 3 atom stereocenters. The predicted octanol–water partition coefficient (Wildman–Crippen LogP) is 3.76. The summed E-state index contributed by atoms with van der Waals surface area (Å²) in [6.45, 7) is 2.87.